The first-order valence-electron chi connectivity index (χ1n) is 10.3. The van der Waals surface area contributed by atoms with E-state index in [1.165, 1.54) is 25.0 Å². The van der Waals surface area contributed by atoms with E-state index in [9.17, 15) is 4.79 Å². The maximum atomic E-state index is 12.6. The molecule has 144 valence electrons. The molecule has 5 heteroatoms. The average Bonchev–Trinajstić information content (AvgIpc) is 3.31. The number of aryl methyl sites for hydroxylation is 1. The van der Waals surface area contributed by atoms with E-state index in [1.54, 1.807) is 0 Å². The second-order valence-corrected chi connectivity index (χ2v) is 8.08. The predicted octanol–water partition coefficient (Wildman–Crippen LogP) is 4.22. The molecule has 2 aromatic rings. The number of urea groups is 1. The highest BCUT2D eigenvalue weighted by molar-refractivity contribution is 5.74. The molecule has 1 saturated carbocycles. The Hall–Kier alpha value is -2.30. The third kappa shape index (κ3) is 4.18. The number of hydrogen-bond acceptors (Lipinski definition) is 2. The second kappa shape index (κ2) is 8.15. The zero-order valence-electron chi connectivity index (χ0n) is 16.2. The van der Waals surface area contributed by atoms with Crippen LogP contribution in [0.2, 0.25) is 0 Å². The summed E-state index contributed by atoms with van der Waals surface area (Å²) in [6, 6.07) is 10.9. The normalized spacial score (nSPS) is 20.8. The molecule has 27 heavy (non-hydrogen) atoms. The van der Waals surface area contributed by atoms with Crippen molar-refractivity contribution in [3.8, 4) is 11.4 Å². The molecule has 4 rings (SSSR count). The van der Waals surface area contributed by atoms with Crippen molar-refractivity contribution in [3.05, 3.63) is 42.2 Å². The Morgan fingerprint density at radius 3 is 2.70 bits per heavy atom. The Bertz CT molecular complexity index is 764. The van der Waals surface area contributed by atoms with Gasteiger partial charge in [0.1, 0.15) is 5.82 Å². The van der Waals surface area contributed by atoms with Gasteiger partial charge in [-0.25, -0.2) is 9.78 Å². The van der Waals surface area contributed by atoms with Crippen molar-refractivity contribution >= 4 is 6.03 Å². The molecule has 2 amide bonds. The summed E-state index contributed by atoms with van der Waals surface area (Å²) in [6.07, 6.45) is 9.09. The molecule has 2 fully saturated rings. The summed E-state index contributed by atoms with van der Waals surface area (Å²) >= 11 is 0. The first kappa shape index (κ1) is 18.1. The number of nitrogens with zero attached hydrogens (tertiary/aromatic N) is 3. The van der Waals surface area contributed by atoms with Crippen molar-refractivity contribution in [2.45, 2.75) is 58.0 Å². The number of rotatable bonds is 4. The van der Waals surface area contributed by atoms with Crippen LogP contribution in [-0.4, -0.2) is 39.6 Å². The lowest BCUT2D eigenvalue weighted by atomic mass is 9.96. The minimum absolute atomic E-state index is 0.134. The number of amides is 2. The first-order valence-corrected chi connectivity index (χ1v) is 10.3. The van der Waals surface area contributed by atoms with Gasteiger partial charge in [-0.3, -0.25) is 0 Å². The van der Waals surface area contributed by atoms with Crippen LogP contribution in [0.1, 0.15) is 44.2 Å². The Kier molecular flexibility index (Phi) is 5.46. The number of imidazole rings is 1. The fourth-order valence-electron chi connectivity index (χ4n) is 4.45. The first-order chi connectivity index (χ1) is 13.2. The predicted molar refractivity (Wildman–Crippen MR) is 107 cm³/mol. The fourth-order valence-corrected chi connectivity index (χ4v) is 4.45. The Morgan fingerprint density at radius 1 is 1.15 bits per heavy atom. The SMILES string of the molecule is Cc1cnc(-c2ccccc2)n1CC1CCN(C(=O)NC2CCCCC2)C1. The number of aromatic nitrogens is 2. The van der Waals surface area contributed by atoms with Gasteiger partial charge in [0.2, 0.25) is 0 Å². The molecular formula is C22H30N4O. The van der Waals surface area contributed by atoms with Crippen LogP contribution >= 0.6 is 0 Å². The molecular weight excluding hydrogens is 336 g/mol. The third-order valence-electron chi connectivity index (χ3n) is 6.03. The van der Waals surface area contributed by atoms with Gasteiger partial charge in [0.15, 0.2) is 0 Å². The summed E-state index contributed by atoms with van der Waals surface area (Å²) < 4.78 is 2.31. The monoisotopic (exact) mass is 366 g/mol. The van der Waals surface area contributed by atoms with Crippen LogP contribution < -0.4 is 5.32 Å². The minimum Gasteiger partial charge on any atom is -0.335 e. The van der Waals surface area contributed by atoms with E-state index in [2.05, 4.69) is 46.1 Å². The molecule has 1 aliphatic carbocycles. The van der Waals surface area contributed by atoms with E-state index in [0.29, 0.717) is 12.0 Å². The molecule has 5 nitrogen and oxygen atoms in total. The van der Waals surface area contributed by atoms with Gasteiger partial charge in [-0.1, -0.05) is 49.6 Å². The van der Waals surface area contributed by atoms with Crippen molar-refractivity contribution in [1.82, 2.24) is 19.8 Å². The average molecular weight is 367 g/mol. The Morgan fingerprint density at radius 2 is 1.93 bits per heavy atom. The number of carbonyl (C=O) groups excluding carboxylic acids is 1. The van der Waals surface area contributed by atoms with Crippen LogP contribution in [0, 0.1) is 12.8 Å². The number of likely N-dealkylation sites (tertiary alicyclic amines) is 1. The van der Waals surface area contributed by atoms with Crippen LogP contribution in [0.15, 0.2) is 36.5 Å². The maximum absolute atomic E-state index is 12.6. The molecule has 0 radical (unpaired) electrons. The van der Waals surface area contributed by atoms with E-state index < -0.39 is 0 Å². The van der Waals surface area contributed by atoms with E-state index in [4.69, 9.17) is 0 Å². The molecule has 1 saturated heterocycles. The third-order valence-corrected chi connectivity index (χ3v) is 6.03. The van der Waals surface area contributed by atoms with Crippen molar-refractivity contribution in [1.29, 1.82) is 0 Å². The van der Waals surface area contributed by atoms with Crippen molar-refractivity contribution in [2.24, 2.45) is 5.92 Å². The van der Waals surface area contributed by atoms with Gasteiger partial charge < -0.3 is 14.8 Å². The lowest BCUT2D eigenvalue weighted by molar-refractivity contribution is 0.198. The zero-order chi connectivity index (χ0) is 18.6. The van der Waals surface area contributed by atoms with Crippen molar-refractivity contribution in [3.63, 3.8) is 0 Å². The number of carbonyl (C=O) groups is 1. The van der Waals surface area contributed by atoms with Gasteiger partial charge in [-0.05, 0) is 32.1 Å². The largest absolute Gasteiger partial charge is 0.335 e. The second-order valence-electron chi connectivity index (χ2n) is 8.08. The highest BCUT2D eigenvalue weighted by atomic mass is 16.2. The molecule has 1 aliphatic heterocycles. The highest BCUT2D eigenvalue weighted by Crippen LogP contribution is 2.25. The lowest BCUT2D eigenvalue weighted by Crippen LogP contribution is -2.44. The number of benzene rings is 1. The molecule has 1 atom stereocenters. The van der Waals surface area contributed by atoms with Gasteiger partial charge in [-0.2, -0.15) is 0 Å². The van der Waals surface area contributed by atoms with Crippen LogP contribution in [-0.2, 0) is 6.54 Å². The van der Waals surface area contributed by atoms with E-state index in [-0.39, 0.29) is 6.03 Å². The lowest BCUT2D eigenvalue weighted by Gasteiger charge is -2.26. The standard InChI is InChI=1S/C22H30N4O/c1-17-14-23-21(19-8-4-2-5-9-19)26(17)16-18-12-13-25(15-18)22(27)24-20-10-6-3-7-11-20/h2,4-5,8-9,14,18,20H,3,6-7,10-13,15-16H2,1H3,(H,24,27). The Labute approximate surface area is 161 Å². The molecule has 0 spiro atoms. The number of nitrogens with one attached hydrogen (secondary N) is 1. The summed E-state index contributed by atoms with van der Waals surface area (Å²) in [5.41, 5.74) is 2.33. The summed E-state index contributed by atoms with van der Waals surface area (Å²) in [6.45, 7) is 4.73. The van der Waals surface area contributed by atoms with E-state index in [0.717, 1.165) is 50.3 Å². The van der Waals surface area contributed by atoms with Crippen LogP contribution in [0.5, 0.6) is 0 Å². The van der Waals surface area contributed by atoms with Gasteiger partial charge in [0, 0.05) is 43.1 Å². The topological polar surface area (TPSA) is 50.2 Å². The van der Waals surface area contributed by atoms with Gasteiger partial charge in [-0.15, -0.1) is 0 Å². The molecule has 2 heterocycles. The molecule has 0 bridgehead atoms. The fraction of sp³-hybridized carbons (Fsp3) is 0.545. The molecule has 1 unspecified atom stereocenters. The highest BCUT2D eigenvalue weighted by Gasteiger charge is 2.28. The van der Waals surface area contributed by atoms with Crippen molar-refractivity contribution < 1.29 is 4.79 Å². The van der Waals surface area contributed by atoms with Gasteiger partial charge in [0.05, 0.1) is 0 Å². The smallest absolute Gasteiger partial charge is 0.317 e. The van der Waals surface area contributed by atoms with E-state index in [1.807, 2.05) is 17.2 Å². The molecule has 1 N–H and O–H groups in total. The van der Waals surface area contributed by atoms with Crippen LogP contribution in [0.4, 0.5) is 4.79 Å². The van der Waals surface area contributed by atoms with Crippen LogP contribution in [0.3, 0.4) is 0 Å². The maximum Gasteiger partial charge on any atom is 0.317 e. The number of hydrogen-bond donors (Lipinski definition) is 1. The Balaban J connectivity index is 1.37. The van der Waals surface area contributed by atoms with Crippen molar-refractivity contribution in [2.75, 3.05) is 13.1 Å². The quantitative estimate of drug-likeness (QED) is 0.881. The zero-order valence-corrected chi connectivity index (χ0v) is 16.2. The van der Waals surface area contributed by atoms with E-state index >= 15 is 0 Å². The van der Waals surface area contributed by atoms with Crippen LogP contribution in [0.25, 0.3) is 11.4 Å². The summed E-state index contributed by atoms with van der Waals surface area (Å²) in [7, 11) is 0. The van der Waals surface area contributed by atoms with Gasteiger partial charge in [0.25, 0.3) is 0 Å². The summed E-state index contributed by atoms with van der Waals surface area (Å²) in [4.78, 5) is 19.2. The minimum atomic E-state index is 0.134. The van der Waals surface area contributed by atoms with Gasteiger partial charge >= 0.3 is 6.03 Å². The molecule has 1 aromatic carbocycles. The summed E-state index contributed by atoms with van der Waals surface area (Å²) in [5, 5.41) is 3.26. The summed E-state index contributed by atoms with van der Waals surface area (Å²) in [5.74, 6) is 1.51. The molecule has 1 aromatic heterocycles. The molecule has 2 aliphatic rings.